The van der Waals surface area contributed by atoms with Gasteiger partial charge in [-0.25, -0.2) is 8.78 Å². The van der Waals surface area contributed by atoms with Crippen LogP contribution in [0.15, 0.2) is 46.9 Å². The topological polar surface area (TPSA) is 20.3 Å². The van der Waals surface area contributed by atoms with Gasteiger partial charge in [-0.05, 0) is 36.2 Å². The Morgan fingerprint density at radius 2 is 1.77 bits per heavy atom. The van der Waals surface area contributed by atoms with Crippen molar-refractivity contribution < 1.29 is 13.6 Å². The lowest BCUT2D eigenvalue weighted by molar-refractivity contribution is -0.138. The van der Waals surface area contributed by atoms with Crippen molar-refractivity contribution >= 4 is 21.8 Å². The van der Waals surface area contributed by atoms with Gasteiger partial charge in [0.25, 0.3) is 0 Å². The first-order chi connectivity index (χ1) is 10.6. The fourth-order valence-electron chi connectivity index (χ4n) is 2.67. The lowest BCUT2D eigenvalue weighted by atomic mass is 9.94. The number of benzene rings is 2. The van der Waals surface area contributed by atoms with Gasteiger partial charge in [0.05, 0.1) is 12.5 Å². The van der Waals surface area contributed by atoms with Crippen molar-refractivity contribution in [2.75, 3.05) is 6.54 Å². The third-order valence-electron chi connectivity index (χ3n) is 3.98. The van der Waals surface area contributed by atoms with Crippen LogP contribution in [-0.2, 0) is 11.2 Å². The number of carbonyl (C=O) groups excluding carboxylic acids is 1. The summed E-state index contributed by atoms with van der Waals surface area (Å²) in [6.07, 6.45) is 0.624. The zero-order valence-corrected chi connectivity index (χ0v) is 13.3. The van der Waals surface area contributed by atoms with Crippen molar-refractivity contribution in [1.82, 2.24) is 4.90 Å². The van der Waals surface area contributed by atoms with Gasteiger partial charge in [0.15, 0.2) is 0 Å². The Balaban J connectivity index is 1.74. The number of hydrogen-bond donors (Lipinski definition) is 0. The first-order valence-electron chi connectivity index (χ1n) is 7.04. The molecular weight excluding hydrogens is 352 g/mol. The van der Waals surface area contributed by atoms with Gasteiger partial charge in [0, 0.05) is 16.6 Å². The molecule has 2 aromatic carbocycles. The number of amides is 1. The molecule has 0 N–H and O–H groups in total. The Labute approximate surface area is 135 Å². The van der Waals surface area contributed by atoms with E-state index in [-0.39, 0.29) is 23.9 Å². The van der Waals surface area contributed by atoms with Crippen molar-refractivity contribution in [3.05, 3.63) is 69.7 Å². The smallest absolute Gasteiger partial charge is 0.227 e. The van der Waals surface area contributed by atoms with E-state index in [0.717, 1.165) is 16.5 Å². The summed E-state index contributed by atoms with van der Waals surface area (Å²) in [4.78, 5) is 14.0. The minimum atomic E-state index is -0.672. The second kappa shape index (κ2) is 6.16. The summed E-state index contributed by atoms with van der Waals surface area (Å²) < 4.78 is 28.3. The van der Waals surface area contributed by atoms with Gasteiger partial charge in [0.2, 0.25) is 5.91 Å². The Bertz CT molecular complexity index is 682. The summed E-state index contributed by atoms with van der Waals surface area (Å²) in [5.74, 6) is -1.59. The highest BCUT2D eigenvalue weighted by Gasteiger charge is 2.33. The lowest BCUT2D eigenvalue weighted by Gasteiger charge is -2.41. The van der Waals surface area contributed by atoms with Gasteiger partial charge in [-0.1, -0.05) is 34.1 Å². The van der Waals surface area contributed by atoms with Crippen molar-refractivity contribution in [3.8, 4) is 0 Å². The average Bonchev–Trinajstić information content (AvgIpc) is 2.44. The first-order valence-corrected chi connectivity index (χ1v) is 7.83. The van der Waals surface area contributed by atoms with Crippen molar-refractivity contribution in [2.45, 2.75) is 18.9 Å². The summed E-state index contributed by atoms with van der Waals surface area (Å²) in [5.41, 5.74) is 0.880. The maximum atomic E-state index is 13.6. The molecule has 0 aliphatic carbocycles. The van der Waals surface area contributed by atoms with Gasteiger partial charge in [-0.3, -0.25) is 4.79 Å². The van der Waals surface area contributed by atoms with E-state index in [2.05, 4.69) is 15.9 Å². The van der Waals surface area contributed by atoms with E-state index in [9.17, 15) is 13.6 Å². The normalized spacial score (nSPS) is 17.2. The summed E-state index contributed by atoms with van der Waals surface area (Å²) in [7, 11) is 0. The number of carbonyl (C=O) groups is 1. The van der Waals surface area contributed by atoms with Gasteiger partial charge in [-0.2, -0.15) is 0 Å². The monoisotopic (exact) mass is 365 g/mol. The summed E-state index contributed by atoms with van der Waals surface area (Å²) in [5, 5.41) is 0. The van der Waals surface area contributed by atoms with E-state index < -0.39 is 11.6 Å². The van der Waals surface area contributed by atoms with E-state index in [4.69, 9.17) is 0 Å². The number of nitrogens with zero attached hydrogens (tertiary/aromatic N) is 1. The molecule has 5 heteroatoms. The minimum absolute atomic E-state index is 0.00423. The minimum Gasteiger partial charge on any atom is -0.335 e. The van der Waals surface area contributed by atoms with Crippen LogP contribution in [0.1, 0.15) is 23.6 Å². The highest BCUT2D eigenvalue weighted by molar-refractivity contribution is 9.10. The van der Waals surface area contributed by atoms with E-state index >= 15 is 0 Å². The predicted molar refractivity (Wildman–Crippen MR) is 83.3 cm³/mol. The Kier molecular flexibility index (Phi) is 4.25. The third kappa shape index (κ3) is 2.90. The van der Waals surface area contributed by atoms with Crippen LogP contribution in [0, 0.1) is 11.6 Å². The molecular formula is C17H14BrF2NO. The molecule has 0 saturated carbocycles. The van der Waals surface area contributed by atoms with Gasteiger partial charge >= 0.3 is 0 Å². The van der Waals surface area contributed by atoms with Crippen LogP contribution in [-0.4, -0.2) is 17.4 Å². The fourth-order valence-corrected chi connectivity index (χ4v) is 2.94. The van der Waals surface area contributed by atoms with Crippen LogP contribution in [0.3, 0.4) is 0 Å². The molecule has 1 aliphatic heterocycles. The van der Waals surface area contributed by atoms with Crippen LogP contribution < -0.4 is 0 Å². The van der Waals surface area contributed by atoms with Crippen LogP contribution >= 0.6 is 15.9 Å². The molecule has 1 unspecified atom stereocenters. The standard InChI is InChI=1S/C17H14BrF2NO/c18-12-6-4-11(5-7-12)16-8-9-21(16)17(22)10-13-14(19)2-1-3-15(13)20/h1-7,16H,8-10H2. The number of hydrogen-bond acceptors (Lipinski definition) is 1. The highest BCUT2D eigenvalue weighted by Crippen LogP contribution is 2.34. The number of halogens is 3. The maximum absolute atomic E-state index is 13.6. The second-order valence-electron chi connectivity index (χ2n) is 5.32. The quantitative estimate of drug-likeness (QED) is 0.796. The molecule has 0 spiro atoms. The van der Waals surface area contributed by atoms with Crippen LogP contribution in [0.4, 0.5) is 8.78 Å². The summed E-state index contributed by atoms with van der Waals surface area (Å²) >= 11 is 3.37. The maximum Gasteiger partial charge on any atom is 0.227 e. The van der Waals surface area contributed by atoms with Crippen molar-refractivity contribution in [1.29, 1.82) is 0 Å². The number of likely N-dealkylation sites (tertiary alicyclic amines) is 1. The molecule has 2 nitrogen and oxygen atoms in total. The molecule has 1 amide bonds. The SMILES string of the molecule is O=C(Cc1c(F)cccc1F)N1CCC1c1ccc(Br)cc1. The molecule has 0 radical (unpaired) electrons. The molecule has 114 valence electrons. The molecule has 1 atom stereocenters. The molecule has 1 heterocycles. The fraction of sp³-hybridized carbons (Fsp3) is 0.235. The van der Waals surface area contributed by atoms with Gasteiger partial charge in [0.1, 0.15) is 11.6 Å². The largest absolute Gasteiger partial charge is 0.335 e. The molecule has 1 saturated heterocycles. The van der Waals surface area contributed by atoms with Crippen LogP contribution in [0.25, 0.3) is 0 Å². The third-order valence-corrected chi connectivity index (χ3v) is 4.51. The van der Waals surface area contributed by atoms with E-state index in [1.807, 2.05) is 24.3 Å². The van der Waals surface area contributed by atoms with Crippen LogP contribution in [0.5, 0.6) is 0 Å². The Morgan fingerprint density at radius 1 is 1.14 bits per heavy atom. The predicted octanol–water partition coefficient (Wildman–Crippen LogP) is 4.24. The molecule has 0 bridgehead atoms. The second-order valence-corrected chi connectivity index (χ2v) is 6.24. The van der Waals surface area contributed by atoms with E-state index in [1.54, 1.807) is 4.90 Å². The molecule has 0 aromatic heterocycles. The number of rotatable bonds is 3. The Hall–Kier alpha value is -1.75. The summed E-state index contributed by atoms with van der Waals surface area (Å²) in [6, 6.07) is 11.4. The summed E-state index contributed by atoms with van der Waals surface area (Å²) in [6.45, 7) is 0.621. The van der Waals surface area contributed by atoms with Gasteiger partial charge < -0.3 is 4.90 Å². The average molecular weight is 366 g/mol. The first kappa shape index (κ1) is 15.2. The Morgan fingerprint density at radius 3 is 2.32 bits per heavy atom. The van der Waals surface area contributed by atoms with Gasteiger partial charge in [-0.15, -0.1) is 0 Å². The van der Waals surface area contributed by atoms with E-state index in [1.165, 1.54) is 18.2 Å². The molecule has 1 fully saturated rings. The molecule has 3 rings (SSSR count). The zero-order valence-electron chi connectivity index (χ0n) is 11.7. The molecule has 1 aliphatic rings. The lowest BCUT2D eigenvalue weighted by Crippen LogP contribution is -2.46. The molecule has 22 heavy (non-hydrogen) atoms. The molecule has 2 aromatic rings. The van der Waals surface area contributed by atoms with E-state index in [0.29, 0.717) is 6.54 Å². The zero-order chi connectivity index (χ0) is 15.7. The van der Waals surface area contributed by atoms with Crippen molar-refractivity contribution in [3.63, 3.8) is 0 Å². The van der Waals surface area contributed by atoms with Crippen molar-refractivity contribution in [2.24, 2.45) is 0 Å². The highest BCUT2D eigenvalue weighted by atomic mass is 79.9. The van der Waals surface area contributed by atoms with Crippen LogP contribution in [0.2, 0.25) is 0 Å².